The Balaban J connectivity index is 1.58. The zero-order chi connectivity index (χ0) is 23.1. The van der Waals surface area contributed by atoms with Gasteiger partial charge in [0.15, 0.2) is 0 Å². The maximum atomic E-state index is 13.2. The molecule has 0 spiro atoms. The zero-order valence-corrected chi connectivity index (χ0v) is 21.0. The molecule has 0 saturated carbocycles. The quantitative estimate of drug-likeness (QED) is 0.442. The van der Waals surface area contributed by atoms with E-state index in [1.807, 2.05) is 28.6 Å². The first kappa shape index (κ1) is 25.0. The molecule has 2 aromatic rings. The molecular formula is C24H34FN3O2S2. The standard InChI is InChI=1S/C24H34FN3O2S2/c1-19(2)17-28(31-26(3)18-20-5-7-21(25)8-6-20)22-9-11-23(12-10-22)30-24-13-15-27(16-14-24)32(4)29/h5-12,19,24H,13-18H2,1-4H3. The van der Waals surface area contributed by atoms with Crippen LogP contribution in [0.1, 0.15) is 32.3 Å². The van der Waals surface area contributed by atoms with E-state index >= 15 is 0 Å². The van der Waals surface area contributed by atoms with Gasteiger partial charge in [0.05, 0.1) is 11.0 Å². The Morgan fingerprint density at radius 1 is 1.12 bits per heavy atom. The predicted molar refractivity (Wildman–Crippen MR) is 133 cm³/mol. The lowest BCUT2D eigenvalue weighted by molar-refractivity contribution is 0.137. The highest BCUT2D eigenvalue weighted by molar-refractivity contribution is 7.98. The summed E-state index contributed by atoms with van der Waals surface area (Å²) in [5, 5.41) is 0. The van der Waals surface area contributed by atoms with Gasteiger partial charge in [-0.15, -0.1) is 0 Å². The molecule has 2 aromatic carbocycles. The van der Waals surface area contributed by atoms with Crippen molar-refractivity contribution in [2.45, 2.75) is 39.3 Å². The molecular weight excluding hydrogens is 445 g/mol. The maximum absolute atomic E-state index is 13.2. The molecule has 1 unspecified atom stereocenters. The average Bonchev–Trinajstić information content (AvgIpc) is 2.75. The Labute approximate surface area is 198 Å². The number of piperidine rings is 1. The lowest BCUT2D eigenvalue weighted by Crippen LogP contribution is -2.38. The number of hydrogen-bond acceptors (Lipinski definition) is 5. The molecule has 1 aliphatic rings. The van der Waals surface area contributed by atoms with Crippen molar-refractivity contribution in [2.24, 2.45) is 5.92 Å². The molecule has 0 bridgehead atoms. The summed E-state index contributed by atoms with van der Waals surface area (Å²) >= 11 is 1.67. The topological polar surface area (TPSA) is 36.0 Å². The van der Waals surface area contributed by atoms with Crippen LogP contribution < -0.4 is 9.04 Å². The number of benzene rings is 2. The molecule has 5 nitrogen and oxygen atoms in total. The van der Waals surface area contributed by atoms with Crippen LogP contribution in [0.15, 0.2) is 48.5 Å². The number of halogens is 1. The normalized spacial score (nSPS) is 16.5. The van der Waals surface area contributed by atoms with Crippen LogP contribution in [0.25, 0.3) is 0 Å². The van der Waals surface area contributed by atoms with Gasteiger partial charge in [0.1, 0.15) is 17.7 Å². The second-order valence-corrected chi connectivity index (χ2v) is 11.2. The minimum Gasteiger partial charge on any atom is -0.490 e. The number of nitrogens with zero attached hydrogens (tertiary/aromatic N) is 3. The molecule has 8 heteroatoms. The van der Waals surface area contributed by atoms with E-state index in [9.17, 15) is 8.60 Å². The molecule has 32 heavy (non-hydrogen) atoms. The predicted octanol–water partition coefficient (Wildman–Crippen LogP) is 5.12. The van der Waals surface area contributed by atoms with E-state index in [1.165, 1.54) is 12.1 Å². The van der Waals surface area contributed by atoms with Gasteiger partial charge < -0.3 is 9.04 Å². The van der Waals surface area contributed by atoms with Gasteiger partial charge in [0.25, 0.3) is 0 Å². The fourth-order valence-corrected chi connectivity index (χ4v) is 5.50. The third kappa shape index (κ3) is 7.76. The summed E-state index contributed by atoms with van der Waals surface area (Å²) in [7, 11) is 1.15. The van der Waals surface area contributed by atoms with Crippen molar-refractivity contribution < 1.29 is 13.3 Å². The molecule has 1 heterocycles. The summed E-state index contributed by atoms with van der Waals surface area (Å²) in [6.45, 7) is 7.67. The van der Waals surface area contributed by atoms with Crippen molar-refractivity contribution in [1.82, 2.24) is 8.61 Å². The van der Waals surface area contributed by atoms with Crippen LogP contribution in [0.2, 0.25) is 0 Å². The fraction of sp³-hybridized carbons (Fsp3) is 0.500. The van der Waals surface area contributed by atoms with Crippen LogP contribution in [0.5, 0.6) is 5.75 Å². The SMILES string of the molecule is CC(C)CN(SN(C)Cc1ccc(F)cc1)c1ccc(OC2CCN(S(C)=O)CC2)cc1. The monoisotopic (exact) mass is 479 g/mol. The molecule has 0 aromatic heterocycles. The highest BCUT2D eigenvalue weighted by Gasteiger charge is 2.22. The van der Waals surface area contributed by atoms with Crippen LogP contribution in [0, 0.1) is 11.7 Å². The minimum absolute atomic E-state index is 0.170. The second-order valence-electron chi connectivity index (χ2n) is 8.61. The van der Waals surface area contributed by atoms with Gasteiger partial charge in [-0.05, 0) is 67.8 Å². The van der Waals surface area contributed by atoms with Crippen LogP contribution >= 0.6 is 12.1 Å². The van der Waals surface area contributed by atoms with Gasteiger partial charge in [-0.1, -0.05) is 26.0 Å². The fourth-order valence-electron chi connectivity index (χ4n) is 3.65. The molecule has 1 fully saturated rings. The van der Waals surface area contributed by atoms with E-state index in [2.05, 4.69) is 41.6 Å². The van der Waals surface area contributed by atoms with Gasteiger partial charge in [0, 0.05) is 50.3 Å². The summed E-state index contributed by atoms with van der Waals surface area (Å²) in [4.78, 5) is 0. The third-order valence-electron chi connectivity index (χ3n) is 5.28. The molecule has 1 atom stereocenters. The van der Waals surface area contributed by atoms with Crippen LogP contribution in [0.3, 0.4) is 0 Å². The first-order chi connectivity index (χ1) is 15.3. The Hall–Kier alpha value is -1.61. The smallest absolute Gasteiger partial charge is 0.123 e. The number of ether oxygens (including phenoxy) is 1. The van der Waals surface area contributed by atoms with Gasteiger partial charge >= 0.3 is 0 Å². The van der Waals surface area contributed by atoms with Crippen LogP contribution in [-0.4, -0.2) is 51.9 Å². The Bertz CT molecular complexity index is 857. The van der Waals surface area contributed by atoms with Crippen LogP contribution in [-0.2, 0) is 17.5 Å². The average molecular weight is 480 g/mol. The maximum Gasteiger partial charge on any atom is 0.123 e. The molecule has 3 rings (SSSR count). The van der Waals surface area contributed by atoms with Crippen molar-refractivity contribution in [3.05, 3.63) is 59.9 Å². The summed E-state index contributed by atoms with van der Waals surface area (Å²) in [5.41, 5.74) is 2.20. The zero-order valence-electron chi connectivity index (χ0n) is 19.4. The van der Waals surface area contributed by atoms with Gasteiger partial charge in [0.2, 0.25) is 0 Å². The highest BCUT2D eigenvalue weighted by atomic mass is 32.2. The van der Waals surface area contributed by atoms with E-state index in [-0.39, 0.29) is 11.9 Å². The molecule has 0 radical (unpaired) electrons. The van der Waals surface area contributed by atoms with E-state index in [0.717, 1.165) is 56.0 Å². The van der Waals surface area contributed by atoms with E-state index in [1.54, 1.807) is 18.4 Å². The lowest BCUT2D eigenvalue weighted by atomic mass is 10.1. The Morgan fingerprint density at radius 3 is 2.31 bits per heavy atom. The van der Waals surface area contributed by atoms with E-state index in [0.29, 0.717) is 5.92 Å². The lowest BCUT2D eigenvalue weighted by Gasteiger charge is -2.31. The van der Waals surface area contributed by atoms with Crippen molar-refractivity contribution in [3.8, 4) is 5.75 Å². The van der Waals surface area contributed by atoms with Crippen LogP contribution in [0.4, 0.5) is 10.1 Å². The Kier molecular flexibility index (Phi) is 9.40. The molecule has 1 aliphatic heterocycles. The highest BCUT2D eigenvalue weighted by Crippen LogP contribution is 2.29. The Morgan fingerprint density at radius 2 is 1.75 bits per heavy atom. The summed E-state index contributed by atoms with van der Waals surface area (Å²) in [5.74, 6) is 1.17. The van der Waals surface area contributed by atoms with Gasteiger partial charge in [-0.25, -0.2) is 17.2 Å². The van der Waals surface area contributed by atoms with Crippen molar-refractivity contribution in [2.75, 3.05) is 37.2 Å². The number of anilines is 1. The van der Waals surface area contributed by atoms with Crippen molar-refractivity contribution in [1.29, 1.82) is 0 Å². The molecule has 176 valence electrons. The third-order valence-corrected chi connectivity index (χ3v) is 7.34. The summed E-state index contributed by atoms with van der Waals surface area (Å²) in [6, 6.07) is 14.9. The van der Waals surface area contributed by atoms with E-state index in [4.69, 9.17) is 4.74 Å². The summed E-state index contributed by atoms with van der Waals surface area (Å²) in [6.07, 6.45) is 3.69. The first-order valence-electron chi connectivity index (χ1n) is 11.1. The largest absolute Gasteiger partial charge is 0.490 e. The minimum atomic E-state index is -0.897. The second kappa shape index (κ2) is 12.0. The molecule has 0 aliphatic carbocycles. The first-order valence-corrected chi connectivity index (χ1v) is 13.3. The number of hydrogen-bond donors (Lipinski definition) is 0. The van der Waals surface area contributed by atoms with Crippen molar-refractivity contribution >= 4 is 28.8 Å². The summed E-state index contributed by atoms with van der Waals surface area (Å²) < 4.78 is 37.4. The number of rotatable bonds is 10. The van der Waals surface area contributed by atoms with Gasteiger partial charge in [-0.2, -0.15) is 0 Å². The van der Waals surface area contributed by atoms with Gasteiger partial charge in [-0.3, -0.25) is 0 Å². The van der Waals surface area contributed by atoms with E-state index < -0.39 is 11.0 Å². The molecule has 0 amide bonds. The molecule has 1 saturated heterocycles. The van der Waals surface area contributed by atoms with Crippen molar-refractivity contribution in [3.63, 3.8) is 0 Å². The molecule has 0 N–H and O–H groups in total.